The molecule has 2 nitrogen and oxygen atoms in total. The molecule has 0 spiro atoms. The number of nitrogens with zero attached hydrogens (tertiary/aromatic N) is 1. The lowest BCUT2D eigenvalue weighted by Gasteiger charge is -2.05. The summed E-state index contributed by atoms with van der Waals surface area (Å²) in [5, 5.41) is 0.0469. The molecule has 0 unspecified atom stereocenters. The Kier molecular flexibility index (Phi) is 3.34. The van der Waals surface area contributed by atoms with E-state index >= 15 is 0 Å². The summed E-state index contributed by atoms with van der Waals surface area (Å²) in [4.78, 5) is 14.7. The zero-order valence-corrected chi connectivity index (χ0v) is 9.51. The molecule has 0 aliphatic rings. The molecule has 0 saturated heterocycles. The number of carbonyl (C=O) groups is 1. The molecule has 0 fully saturated rings. The van der Waals surface area contributed by atoms with Gasteiger partial charge >= 0.3 is 0 Å². The number of hydrogen-bond acceptors (Lipinski definition) is 2. The van der Waals surface area contributed by atoms with Crippen LogP contribution in [0, 0.1) is 17.7 Å². The lowest BCUT2D eigenvalue weighted by molar-refractivity contribution is 0.103. The first-order valence-corrected chi connectivity index (χ1v) is 5.19. The minimum Gasteiger partial charge on any atom is -0.288 e. The fourth-order valence-electron chi connectivity index (χ4n) is 1.44. The zero-order valence-electron chi connectivity index (χ0n) is 8.75. The normalized spacial score (nSPS) is 10.4. The largest absolute Gasteiger partial charge is 0.288 e. The van der Waals surface area contributed by atoms with E-state index in [2.05, 4.69) is 4.98 Å². The van der Waals surface area contributed by atoms with Crippen molar-refractivity contribution >= 4 is 17.4 Å². The van der Waals surface area contributed by atoms with Crippen molar-refractivity contribution in [3.63, 3.8) is 0 Å². The molecular weight excluding hydrogens is 267 g/mol. The molecule has 0 N–H and O–H groups in total. The number of halogens is 4. The third-order valence-corrected chi connectivity index (χ3v) is 2.57. The van der Waals surface area contributed by atoms with Crippen molar-refractivity contribution in [3.8, 4) is 0 Å². The predicted octanol–water partition coefficient (Wildman–Crippen LogP) is 3.38. The van der Waals surface area contributed by atoms with Crippen molar-refractivity contribution < 1.29 is 18.0 Å². The zero-order chi connectivity index (χ0) is 13.3. The number of ketones is 1. The van der Waals surface area contributed by atoms with Crippen LogP contribution in [0.1, 0.15) is 15.9 Å². The third kappa shape index (κ3) is 2.22. The number of rotatable bonds is 2. The van der Waals surface area contributed by atoms with Crippen LogP contribution in [0.25, 0.3) is 0 Å². The second-order valence-electron chi connectivity index (χ2n) is 3.40. The van der Waals surface area contributed by atoms with Crippen molar-refractivity contribution in [3.05, 3.63) is 64.2 Å². The van der Waals surface area contributed by atoms with E-state index in [1.807, 2.05) is 0 Å². The van der Waals surface area contributed by atoms with Crippen LogP contribution in [0.5, 0.6) is 0 Å². The van der Waals surface area contributed by atoms with Crippen LogP contribution in [-0.4, -0.2) is 10.8 Å². The summed E-state index contributed by atoms with van der Waals surface area (Å²) in [6.07, 6.45) is 0. The maximum atomic E-state index is 13.4. The molecule has 0 aliphatic carbocycles. The first-order valence-electron chi connectivity index (χ1n) is 4.81. The Bertz CT molecular complexity index is 607. The van der Waals surface area contributed by atoms with Crippen LogP contribution in [0.3, 0.4) is 0 Å². The fraction of sp³-hybridized carbons (Fsp3) is 0. The van der Waals surface area contributed by atoms with Crippen LogP contribution >= 0.6 is 11.6 Å². The second kappa shape index (κ2) is 4.78. The molecule has 18 heavy (non-hydrogen) atoms. The first-order chi connectivity index (χ1) is 8.50. The molecule has 2 aromatic rings. The van der Waals surface area contributed by atoms with Gasteiger partial charge in [0.05, 0.1) is 5.02 Å². The Morgan fingerprint density at radius 3 is 2.44 bits per heavy atom. The number of benzene rings is 1. The standard InChI is InChI=1S/C12H5ClF3NO/c13-7-4-2-1-3-6(7)11(18)10-8(14)5-9(15)17-12(10)16/h1-5H. The van der Waals surface area contributed by atoms with E-state index in [-0.39, 0.29) is 10.6 Å². The smallest absolute Gasteiger partial charge is 0.229 e. The molecule has 92 valence electrons. The quantitative estimate of drug-likeness (QED) is 0.619. The average Bonchev–Trinajstić information content (AvgIpc) is 2.27. The Labute approximate surface area is 105 Å². The van der Waals surface area contributed by atoms with Crippen molar-refractivity contribution in [2.24, 2.45) is 0 Å². The molecule has 0 bridgehead atoms. The molecular formula is C12H5ClF3NO. The van der Waals surface area contributed by atoms with Gasteiger partial charge in [-0.05, 0) is 12.1 Å². The van der Waals surface area contributed by atoms with Gasteiger partial charge in [-0.3, -0.25) is 4.79 Å². The van der Waals surface area contributed by atoms with Gasteiger partial charge in [0.2, 0.25) is 17.7 Å². The first kappa shape index (κ1) is 12.6. The van der Waals surface area contributed by atoms with E-state index < -0.39 is 29.1 Å². The van der Waals surface area contributed by atoms with Crippen LogP contribution in [-0.2, 0) is 0 Å². The van der Waals surface area contributed by atoms with Crippen molar-refractivity contribution in [1.29, 1.82) is 0 Å². The number of pyridine rings is 1. The van der Waals surface area contributed by atoms with Gasteiger partial charge in [-0.15, -0.1) is 0 Å². The van der Waals surface area contributed by atoms with Gasteiger partial charge in [-0.1, -0.05) is 23.7 Å². The maximum Gasteiger partial charge on any atom is 0.229 e. The van der Waals surface area contributed by atoms with Crippen molar-refractivity contribution in [2.45, 2.75) is 0 Å². The maximum absolute atomic E-state index is 13.4. The molecule has 0 atom stereocenters. The SMILES string of the molecule is O=C(c1ccccc1Cl)c1c(F)cc(F)nc1F. The molecule has 0 amide bonds. The monoisotopic (exact) mass is 271 g/mol. The number of aromatic nitrogens is 1. The van der Waals surface area contributed by atoms with Gasteiger partial charge in [0.1, 0.15) is 11.4 Å². The molecule has 0 saturated carbocycles. The highest BCUT2D eigenvalue weighted by atomic mass is 35.5. The predicted molar refractivity (Wildman–Crippen MR) is 59.0 cm³/mol. The molecule has 0 aliphatic heterocycles. The van der Waals surface area contributed by atoms with Crippen LogP contribution in [0.2, 0.25) is 5.02 Å². The average molecular weight is 272 g/mol. The van der Waals surface area contributed by atoms with Crippen LogP contribution < -0.4 is 0 Å². The highest BCUT2D eigenvalue weighted by Crippen LogP contribution is 2.22. The number of hydrogen-bond donors (Lipinski definition) is 0. The van der Waals surface area contributed by atoms with E-state index in [9.17, 15) is 18.0 Å². The topological polar surface area (TPSA) is 30.0 Å². The van der Waals surface area contributed by atoms with E-state index in [4.69, 9.17) is 11.6 Å². The highest BCUT2D eigenvalue weighted by molar-refractivity contribution is 6.35. The van der Waals surface area contributed by atoms with Gasteiger partial charge in [0.15, 0.2) is 0 Å². The van der Waals surface area contributed by atoms with E-state index in [1.165, 1.54) is 18.2 Å². The summed E-state index contributed by atoms with van der Waals surface area (Å²) in [7, 11) is 0. The highest BCUT2D eigenvalue weighted by Gasteiger charge is 2.23. The van der Waals surface area contributed by atoms with E-state index in [0.717, 1.165) is 0 Å². The molecule has 1 aromatic heterocycles. The summed E-state index contributed by atoms with van der Waals surface area (Å²) in [6.45, 7) is 0. The van der Waals surface area contributed by atoms with Gasteiger partial charge in [-0.2, -0.15) is 13.8 Å². The summed E-state index contributed by atoms with van der Waals surface area (Å²) < 4.78 is 39.3. The Morgan fingerprint density at radius 1 is 1.17 bits per heavy atom. The molecule has 0 radical (unpaired) electrons. The minimum atomic E-state index is -1.50. The molecule has 2 rings (SSSR count). The van der Waals surface area contributed by atoms with Gasteiger partial charge < -0.3 is 0 Å². The van der Waals surface area contributed by atoms with Gasteiger partial charge in [0.25, 0.3) is 0 Å². The third-order valence-electron chi connectivity index (χ3n) is 2.24. The van der Waals surface area contributed by atoms with Crippen LogP contribution in [0.4, 0.5) is 13.2 Å². The number of carbonyl (C=O) groups excluding carboxylic acids is 1. The lowest BCUT2D eigenvalue weighted by atomic mass is 10.0. The van der Waals surface area contributed by atoms with Crippen molar-refractivity contribution in [2.75, 3.05) is 0 Å². The fourth-order valence-corrected chi connectivity index (χ4v) is 1.66. The molecule has 1 aromatic carbocycles. The second-order valence-corrected chi connectivity index (χ2v) is 3.81. The Balaban J connectivity index is 2.57. The Morgan fingerprint density at radius 2 is 1.83 bits per heavy atom. The van der Waals surface area contributed by atoms with E-state index in [1.54, 1.807) is 6.07 Å². The van der Waals surface area contributed by atoms with Gasteiger partial charge in [0, 0.05) is 11.6 Å². The Hall–Kier alpha value is -1.88. The van der Waals surface area contributed by atoms with Crippen molar-refractivity contribution in [1.82, 2.24) is 4.98 Å². The van der Waals surface area contributed by atoms with Gasteiger partial charge in [-0.25, -0.2) is 4.39 Å². The summed E-state index contributed by atoms with van der Waals surface area (Å²) in [5.41, 5.74) is -1.00. The molecule has 6 heteroatoms. The lowest BCUT2D eigenvalue weighted by Crippen LogP contribution is -2.10. The summed E-state index contributed by atoms with van der Waals surface area (Å²) in [5.74, 6) is -5.13. The summed E-state index contributed by atoms with van der Waals surface area (Å²) >= 11 is 5.74. The molecule has 1 heterocycles. The summed E-state index contributed by atoms with van der Waals surface area (Å²) in [6, 6.07) is 6.11. The van der Waals surface area contributed by atoms with Crippen LogP contribution in [0.15, 0.2) is 30.3 Å². The van der Waals surface area contributed by atoms with E-state index in [0.29, 0.717) is 6.07 Å². The minimum absolute atomic E-state index is 0.0469.